The molecule has 5 nitrogen and oxygen atoms in total. The summed E-state index contributed by atoms with van der Waals surface area (Å²) in [5.41, 5.74) is 1.79. The molecule has 0 radical (unpaired) electrons. The molecule has 0 aliphatic carbocycles. The fourth-order valence-corrected chi connectivity index (χ4v) is 2.52. The Bertz CT molecular complexity index is 542. The summed E-state index contributed by atoms with van der Waals surface area (Å²) in [5.74, 6) is 0. The molecule has 0 spiro atoms. The molecule has 0 aromatic carbocycles. The van der Waals surface area contributed by atoms with Crippen LogP contribution < -0.4 is 4.90 Å². The summed E-state index contributed by atoms with van der Waals surface area (Å²) in [5, 5.41) is 0.804. The highest BCUT2D eigenvalue weighted by Crippen LogP contribution is 2.25. The first-order valence-electron chi connectivity index (χ1n) is 5.78. The zero-order chi connectivity index (χ0) is 13.7. The van der Waals surface area contributed by atoms with Gasteiger partial charge in [-0.15, -0.1) is 0 Å². The number of anilines is 1. The molecule has 6 heteroatoms. The standard InChI is InChI=1S/C13H15N3O2S/c1-16(7-10-4-3-5-14-6-10)13-15-11(9-18-2)12(8-17)19-13/h3-6,8H,7,9H2,1-2H3. The predicted molar refractivity (Wildman–Crippen MR) is 74.6 cm³/mol. The summed E-state index contributed by atoms with van der Waals surface area (Å²) in [4.78, 5) is 22.1. The molecule has 0 fully saturated rings. The lowest BCUT2D eigenvalue weighted by Crippen LogP contribution is -2.16. The molecule has 19 heavy (non-hydrogen) atoms. The van der Waals surface area contributed by atoms with Crippen LogP contribution in [0.1, 0.15) is 20.9 Å². The summed E-state index contributed by atoms with van der Waals surface area (Å²) in [6.45, 7) is 1.05. The average molecular weight is 277 g/mol. The van der Waals surface area contributed by atoms with Crippen LogP contribution >= 0.6 is 11.3 Å². The van der Waals surface area contributed by atoms with Gasteiger partial charge in [0, 0.05) is 33.1 Å². The number of carbonyl (C=O) groups excluding carboxylic acids is 1. The maximum atomic E-state index is 11.0. The zero-order valence-corrected chi connectivity index (χ0v) is 11.7. The van der Waals surface area contributed by atoms with E-state index in [0.29, 0.717) is 23.7 Å². The molecule has 0 aliphatic heterocycles. The molecule has 2 aromatic rings. The SMILES string of the molecule is COCc1nc(N(C)Cc2cccnc2)sc1C=O. The summed E-state index contributed by atoms with van der Waals surface area (Å²) in [6, 6.07) is 3.91. The molecule has 0 bridgehead atoms. The number of hydrogen-bond donors (Lipinski definition) is 0. The number of aromatic nitrogens is 2. The molecule has 2 rings (SSSR count). The Kier molecular flexibility index (Phi) is 4.59. The van der Waals surface area contributed by atoms with E-state index in [1.807, 2.05) is 30.3 Å². The van der Waals surface area contributed by atoms with Crippen LogP contribution in [0.4, 0.5) is 5.13 Å². The number of carbonyl (C=O) groups is 1. The second kappa shape index (κ2) is 6.40. The van der Waals surface area contributed by atoms with Gasteiger partial charge in [0.15, 0.2) is 11.4 Å². The number of methoxy groups -OCH3 is 1. The predicted octanol–water partition coefficient (Wildman–Crippen LogP) is 2.13. The molecule has 0 aliphatic rings. The molecule has 2 aromatic heterocycles. The van der Waals surface area contributed by atoms with Crippen LogP contribution in [0.3, 0.4) is 0 Å². The third kappa shape index (κ3) is 3.36. The number of aldehydes is 1. The maximum Gasteiger partial charge on any atom is 0.186 e. The summed E-state index contributed by atoms with van der Waals surface area (Å²) in [7, 11) is 3.53. The van der Waals surface area contributed by atoms with Crippen molar-refractivity contribution >= 4 is 22.8 Å². The highest BCUT2D eigenvalue weighted by atomic mass is 32.1. The van der Waals surface area contributed by atoms with Gasteiger partial charge in [0.2, 0.25) is 0 Å². The number of thiazole rings is 1. The van der Waals surface area contributed by atoms with Gasteiger partial charge < -0.3 is 9.64 Å². The van der Waals surface area contributed by atoms with Crippen LogP contribution in [0.15, 0.2) is 24.5 Å². The van der Waals surface area contributed by atoms with Gasteiger partial charge >= 0.3 is 0 Å². The van der Waals surface area contributed by atoms with E-state index in [4.69, 9.17) is 4.74 Å². The molecule has 2 heterocycles. The summed E-state index contributed by atoms with van der Waals surface area (Å²) < 4.78 is 5.04. The van der Waals surface area contributed by atoms with E-state index in [1.54, 1.807) is 13.3 Å². The van der Waals surface area contributed by atoms with E-state index in [1.165, 1.54) is 11.3 Å². The fraction of sp³-hybridized carbons (Fsp3) is 0.308. The van der Waals surface area contributed by atoms with Crippen LogP contribution in [0.2, 0.25) is 0 Å². The van der Waals surface area contributed by atoms with Crippen molar-refractivity contribution in [3.8, 4) is 0 Å². The lowest BCUT2D eigenvalue weighted by molar-refractivity contribution is 0.112. The smallest absolute Gasteiger partial charge is 0.186 e. The average Bonchev–Trinajstić information content (AvgIpc) is 2.83. The van der Waals surface area contributed by atoms with Crippen LogP contribution in [0, 0.1) is 0 Å². The third-order valence-electron chi connectivity index (χ3n) is 2.57. The highest BCUT2D eigenvalue weighted by molar-refractivity contribution is 7.17. The minimum Gasteiger partial charge on any atom is -0.378 e. The van der Waals surface area contributed by atoms with Crippen LogP contribution in [0.5, 0.6) is 0 Å². The van der Waals surface area contributed by atoms with E-state index >= 15 is 0 Å². The van der Waals surface area contributed by atoms with Crippen molar-refractivity contribution in [2.24, 2.45) is 0 Å². The number of pyridine rings is 1. The number of hydrogen-bond acceptors (Lipinski definition) is 6. The van der Waals surface area contributed by atoms with E-state index in [0.717, 1.165) is 17.0 Å². The Morgan fingerprint density at radius 1 is 1.53 bits per heavy atom. The Morgan fingerprint density at radius 3 is 3.00 bits per heavy atom. The second-order valence-corrected chi connectivity index (χ2v) is 5.08. The van der Waals surface area contributed by atoms with Crippen LogP contribution in [0.25, 0.3) is 0 Å². The van der Waals surface area contributed by atoms with Gasteiger partial charge in [-0.3, -0.25) is 9.78 Å². The van der Waals surface area contributed by atoms with Crippen molar-refractivity contribution in [2.45, 2.75) is 13.2 Å². The molecule has 0 saturated heterocycles. The van der Waals surface area contributed by atoms with Crippen molar-refractivity contribution in [1.82, 2.24) is 9.97 Å². The van der Waals surface area contributed by atoms with Crippen molar-refractivity contribution in [1.29, 1.82) is 0 Å². The molecule has 0 saturated carbocycles. The van der Waals surface area contributed by atoms with E-state index < -0.39 is 0 Å². The van der Waals surface area contributed by atoms with Gasteiger partial charge in [-0.2, -0.15) is 0 Å². The summed E-state index contributed by atoms with van der Waals surface area (Å²) in [6.07, 6.45) is 4.39. The molecule has 100 valence electrons. The largest absolute Gasteiger partial charge is 0.378 e. The van der Waals surface area contributed by atoms with Crippen molar-refractivity contribution in [3.63, 3.8) is 0 Å². The monoisotopic (exact) mass is 277 g/mol. The zero-order valence-electron chi connectivity index (χ0n) is 10.9. The quantitative estimate of drug-likeness (QED) is 0.757. The maximum absolute atomic E-state index is 11.0. The van der Waals surface area contributed by atoms with Gasteiger partial charge in [-0.25, -0.2) is 4.98 Å². The Hall–Kier alpha value is -1.79. The lowest BCUT2D eigenvalue weighted by Gasteiger charge is -2.15. The minimum atomic E-state index is 0.352. The van der Waals surface area contributed by atoms with Crippen LogP contribution in [-0.4, -0.2) is 30.4 Å². The van der Waals surface area contributed by atoms with Crippen LogP contribution in [-0.2, 0) is 17.9 Å². The Balaban J connectivity index is 2.15. The second-order valence-electron chi connectivity index (χ2n) is 4.08. The lowest BCUT2D eigenvalue weighted by atomic mass is 10.3. The van der Waals surface area contributed by atoms with Crippen molar-refractivity contribution in [3.05, 3.63) is 40.7 Å². The molecule has 0 N–H and O–H groups in total. The molecule has 0 unspecified atom stereocenters. The topological polar surface area (TPSA) is 55.3 Å². The normalized spacial score (nSPS) is 10.4. The summed E-state index contributed by atoms with van der Waals surface area (Å²) >= 11 is 1.37. The van der Waals surface area contributed by atoms with Crippen molar-refractivity contribution in [2.75, 3.05) is 19.1 Å². The number of nitrogens with zero attached hydrogens (tertiary/aromatic N) is 3. The number of rotatable bonds is 6. The van der Waals surface area contributed by atoms with Gasteiger partial charge in [-0.1, -0.05) is 17.4 Å². The molecular weight excluding hydrogens is 262 g/mol. The third-order valence-corrected chi connectivity index (χ3v) is 3.71. The van der Waals surface area contributed by atoms with Gasteiger partial charge in [-0.05, 0) is 11.6 Å². The Morgan fingerprint density at radius 2 is 2.37 bits per heavy atom. The minimum absolute atomic E-state index is 0.352. The Labute approximate surface area is 115 Å². The highest BCUT2D eigenvalue weighted by Gasteiger charge is 2.13. The van der Waals surface area contributed by atoms with Gasteiger partial charge in [0.1, 0.15) is 0 Å². The first-order chi connectivity index (χ1) is 9.24. The van der Waals surface area contributed by atoms with E-state index in [2.05, 4.69) is 9.97 Å². The molecule has 0 atom stereocenters. The fourth-order valence-electron chi connectivity index (χ4n) is 1.68. The number of ether oxygens (including phenoxy) is 1. The first-order valence-corrected chi connectivity index (χ1v) is 6.60. The molecule has 0 amide bonds. The molecular formula is C13H15N3O2S. The van der Waals surface area contributed by atoms with Crippen molar-refractivity contribution < 1.29 is 9.53 Å². The van der Waals surface area contributed by atoms with E-state index in [9.17, 15) is 4.79 Å². The first kappa shape index (κ1) is 13.6. The van der Waals surface area contributed by atoms with E-state index in [-0.39, 0.29) is 0 Å². The van der Waals surface area contributed by atoms with Gasteiger partial charge in [0.25, 0.3) is 0 Å². The van der Waals surface area contributed by atoms with Gasteiger partial charge in [0.05, 0.1) is 17.2 Å².